The van der Waals surface area contributed by atoms with Crippen LogP contribution in [0.2, 0.25) is 0 Å². The van der Waals surface area contributed by atoms with Gasteiger partial charge < -0.3 is 24.8 Å². The van der Waals surface area contributed by atoms with Gasteiger partial charge in [-0.2, -0.15) is 5.10 Å². The predicted octanol–water partition coefficient (Wildman–Crippen LogP) is 2.30. The second-order valence-electron chi connectivity index (χ2n) is 9.85. The summed E-state index contributed by atoms with van der Waals surface area (Å²) in [7, 11) is 3.34. The molecule has 2 N–H and O–H groups in total. The lowest BCUT2D eigenvalue weighted by atomic mass is 10.1. The number of likely N-dealkylation sites (N-methyl/N-ethyl adjacent to an activating group) is 1. The number of nitrogens with zero attached hydrogens (tertiary/aromatic N) is 3. The number of amides is 2. The van der Waals surface area contributed by atoms with Gasteiger partial charge in [0.05, 0.1) is 43.2 Å². The molecule has 3 rings (SSSR count). The van der Waals surface area contributed by atoms with Crippen molar-refractivity contribution in [1.82, 2.24) is 20.0 Å². The zero-order valence-corrected chi connectivity index (χ0v) is 20.9. The van der Waals surface area contributed by atoms with Crippen LogP contribution in [0.1, 0.15) is 55.2 Å². The van der Waals surface area contributed by atoms with Crippen molar-refractivity contribution in [3.8, 4) is 5.75 Å². The monoisotopic (exact) mass is 472 g/mol. The number of ether oxygens (including phenoxy) is 2. The van der Waals surface area contributed by atoms with E-state index in [-0.39, 0.29) is 11.8 Å². The highest BCUT2D eigenvalue weighted by atomic mass is 16.5. The molecule has 1 aliphatic rings. The number of aliphatic hydroxyl groups is 1. The third-order valence-electron chi connectivity index (χ3n) is 6.01. The Morgan fingerprint density at radius 3 is 2.68 bits per heavy atom. The highest BCUT2D eigenvalue weighted by Crippen LogP contribution is 2.36. The van der Waals surface area contributed by atoms with E-state index in [0.717, 1.165) is 24.2 Å². The van der Waals surface area contributed by atoms with Gasteiger partial charge in [0.2, 0.25) is 0 Å². The number of hydrogen-bond acceptors (Lipinski definition) is 6. The summed E-state index contributed by atoms with van der Waals surface area (Å²) in [6, 6.07) is 7.53. The van der Waals surface area contributed by atoms with Crippen LogP contribution in [-0.4, -0.2) is 69.5 Å². The number of hydrogen-bond donors (Lipinski definition) is 2. The van der Waals surface area contributed by atoms with Gasteiger partial charge in [-0.1, -0.05) is 12.1 Å². The van der Waals surface area contributed by atoms with E-state index in [9.17, 15) is 14.7 Å². The lowest BCUT2D eigenvalue weighted by molar-refractivity contribution is -0.142. The normalized spacial score (nSPS) is 15.5. The molecule has 1 saturated carbocycles. The molecule has 34 heavy (non-hydrogen) atoms. The lowest BCUT2D eigenvalue weighted by Gasteiger charge is -2.27. The lowest BCUT2D eigenvalue weighted by Crippen LogP contribution is -2.48. The molecule has 0 spiro atoms. The van der Waals surface area contributed by atoms with Crippen molar-refractivity contribution >= 4 is 11.8 Å². The molecule has 1 unspecified atom stereocenters. The minimum absolute atomic E-state index is 0.141. The molecule has 9 heteroatoms. The molecule has 1 aromatic carbocycles. The van der Waals surface area contributed by atoms with Gasteiger partial charge in [-0.25, -0.2) is 0 Å². The van der Waals surface area contributed by atoms with E-state index in [1.165, 1.54) is 6.20 Å². The number of methoxy groups -OCH3 is 1. The summed E-state index contributed by atoms with van der Waals surface area (Å²) in [6.45, 7) is 7.93. The van der Waals surface area contributed by atoms with Crippen molar-refractivity contribution in [3.05, 3.63) is 47.3 Å². The number of carbonyl (C=O) groups is 2. The Bertz CT molecular complexity index is 1020. The molecule has 0 aliphatic heterocycles. The number of nitrogens with one attached hydrogen (secondary N) is 1. The van der Waals surface area contributed by atoms with Gasteiger partial charge in [0.15, 0.2) is 0 Å². The Hall–Kier alpha value is -2.91. The molecule has 2 aromatic rings. The zero-order chi connectivity index (χ0) is 25.1. The maximum absolute atomic E-state index is 12.9. The minimum Gasteiger partial charge on any atom is -0.497 e. The minimum atomic E-state index is -0.934. The fourth-order valence-corrected chi connectivity index (χ4v) is 3.87. The van der Waals surface area contributed by atoms with Crippen molar-refractivity contribution in [1.29, 1.82) is 0 Å². The average molecular weight is 473 g/mol. The first-order valence-corrected chi connectivity index (χ1v) is 11.5. The van der Waals surface area contributed by atoms with Gasteiger partial charge in [0.1, 0.15) is 11.9 Å². The van der Waals surface area contributed by atoms with E-state index in [1.807, 2.05) is 31.2 Å². The molecule has 186 valence electrons. The van der Waals surface area contributed by atoms with Crippen LogP contribution in [0.3, 0.4) is 0 Å². The van der Waals surface area contributed by atoms with Crippen LogP contribution in [0.4, 0.5) is 0 Å². The van der Waals surface area contributed by atoms with Crippen molar-refractivity contribution < 1.29 is 24.2 Å². The number of carbonyl (C=O) groups excluding carboxylic acids is 2. The first-order valence-electron chi connectivity index (χ1n) is 11.5. The van der Waals surface area contributed by atoms with Gasteiger partial charge in [-0.05, 0) is 58.2 Å². The molecule has 1 aliphatic carbocycles. The summed E-state index contributed by atoms with van der Waals surface area (Å²) in [5.41, 5.74) is 0.710. The summed E-state index contributed by atoms with van der Waals surface area (Å²) in [5.74, 6) is 0.377. The first kappa shape index (κ1) is 25.7. The fourth-order valence-electron chi connectivity index (χ4n) is 3.87. The van der Waals surface area contributed by atoms with Gasteiger partial charge in [0.25, 0.3) is 11.8 Å². The van der Waals surface area contributed by atoms with Crippen LogP contribution in [0.15, 0.2) is 30.5 Å². The van der Waals surface area contributed by atoms with E-state index < -0.39 is 17.2 Å². The standard InChI is InChI=1S/C25H36N4O5/c1-17-21(13-26-29(17)15-24(3,4)32)22(30)27-25(10-11-25)16-28(5)23(31)18(2)34-14-19-8-7-9-20(12-19)33-6/h7-9,12-13,18,32H,10-11,14-16H2,1-6H3,(H,27,30). The Kier molecular flexibility index (Phi) is 7.67. The van der Waals surface area contributed by atoms with Gasteiger partial charge >= 0.3 is 0 Å². The van der Waals surface area contributed by atoms with Crippen LogP contribution in [0.5, 0.6) is 5.75 Å². The van der Waals surface area contributed by atoms with Crippen LogP contribution < -0.4 is 10.1 Å². The van der Waals surface area contributed by atoms with Crippen molar-refractivity contribution in [2.45, 2.75) is 70.9 Å². The Morgan fingerprint density at radius 2 is 2.06 bits per heavy atom. The van der Waals surface area contributed by atoms with E-state index in [2.05, 4.69) is 10.4 Å². The Labute approximate surface area is 201 Å². The van der Waals surface area contributed by atoms with E-state index >= 15 is 0 Å². The van der Waals surface area contributed by atoms with Gasteiger partial charge in [-0.15, -0.1) is 0 Å². The second-order valence-corrected chi connectivity index (χ2v) is 9.85. The first-order chi connectivity index (χ1) is 15.9. The maximum atomic E-state index is 12.9. The van der Waals surface area contributed by atoms with Gasteiger partial charge in [0, 0.05) is 19.3 Å². The Morgan fingerprint density at radius 1 is 1.35 bits per heavy atom. The molecule has 0 radical (unpaired) electrons. The van der Waals surface area contributed by atoms with Crippen molar-refractivity contribution in [2.75, 3.05) is 20.7 Å². The molecule has 2 amide bonds. The largest absolute Gasteiger partial charge is 0.497 e. The number of aromatic nitrogens is 2. The predicted molar refractivity (Wildman–Crippen MR) is 128 cm³/mol. The Balaban J connectivity index is 1.54. The highest BCUT2D eigenvalue weighted by molar-refractivity contribution is 5.95. The molecular weight excluding hydrogens is 436 g/mol. The number of rotatable bonds is 11. The van der Waals surface area contributed by atoms with Crippen LogP contribution in [-0.2, 0) is 22.7 Å². The van der Waals surface area contributed by atoms with Crippen LogP contribution >= 0.6 is 0 Å². The highest BCUT2D eigenvalue weighted by Gasteiger charge is 2.46. The van der Waals surface area contributed by atoms with Crippen molar-refractivity contribution in [2.24, 2.45) is 0 Å². The molecule has 1 aromatic heterocycles. The second kappa shape index (κ2) is 10.1. The van der Waals surface area contributed by atoms with Crippen LogP contribution in [0.25, 0.3) is 0 Å². The summed E-state index contributed by atoms with van der Waals surface area (Å²) in [6.07, 6.45) is 2.50. The molecule has 1 atom stereocenters. The topological polar surface area (TPSA) is 106 Å². The summed E-state index contributed by atoms with van der Waals surface area (Å²) >= 11 is 0. The molecule has 0 bridgehead atoms. The van der Waals surface area contributed by atoms with E-state index in [0.29, 0.717) is 31.0 Å². The average Bonchev–Trinajstić information content (AvgIpc) is 3.43. The SMILES string of the molecule is COc1cccc(COC(C)C(=O)N(C)CC2(NC(=O)c3cnn(CC(C)(C)O)c3C)CC2)c1. The molecule has 1 heterocycles. The fraction of sp³-hybridized carbons (Fsp3) is 0.560. The quantitative estimate of drug-likeness (QED) is 0.520. The third kappa shape index (κ3) is 6.57. The molecular formula is C25H36N4O5. The summed E-state index contributed by atoms with van der Waals surface area (Å²) < 4.78 is 12.6. The van der Waals surface area contributed by atoms with Crippen LogP contribution in [0, 0.1) is 6.92 Å². The maximum Gasteiger partial charge on any atom is 0.255 e. The number of benzene rings is 1. The summed E-state index contributed by atoms with van der Waals surface area (Å²) in [4.78, 5) is 27.4. The summed E-state index contributed by atoms with van der Waals surface area (Å²) in [5, 5.41) is 17.4. The van der Waals surface area contributed by atoms with E-state index in [4.69, 9.17) is 9.47 Å². The van der Waals surface area contributed by atoms with Gasteiger partial charge in [-0.3, -0.25) is 14.3 Å². The van der Waals surface area contributed by atoms with E-state index in [1.54, 1.807) is 44.5 Å². The zero-order valence-electron chi connectivity index (χ0n) is 20.9. The molecule has 0 saturated heterocycles. The molecule has 9 nitrogen and oxygen atoms in total. The third-order valence-corrected chi connectivity index (χ3v) is 6.01. The van der Waals surface area contributed by atoms with Crippen molar-refractivity contribution in [3.63, 3.8) is 0 Å². The molecule has 1 fully saturated rings. The smallest absolute Gasteiger partial charge is 0.255 e.